The van der Waals surface area contributed by atoms with Gasteiger partial charge in [0.1, 0.15) is 0 Å². The van der Waals surface area contributed by atoms with Crippen molar-refractivity contribution in [2.45, 2.75) is 25.7 Å². The smallest absolute Gasteiger partial charge is 0.303 e. The van der Waals surface area contributed by atoms with Crippen molar-refractivity contribution >= 4 is 11.6 Å². The molecular formula is C20H16ClF3N4O. The van der Waals surface area contributed by atoms with Crippen molar-refractivity contribution in [2.75, 3.05) is 6.54 Å². The van der Waals surface area contributed by atoms with E-state index in [9.17, 15) is 18.0 Å². The molecule has 0 fully saturated rings. The Kier molecular flexibility index (Phi) is 5.14. The maximum Gasteiger partial charge on any atom is 0.449 e. The summed E-state index contributed by atoms with van der Waals surface area (Å²) in [7, 11) is 0. The Morgan fingerprint density at radius 1 is 1.10 bits per heavy atom. The molecule has 2 aromatic heterocycles. The number of aromatic amines is 1. The van der Waals surface area contributed by atoms with Crippen LogP contribution in [0.4, 0.5) is 13.2 Å². The first-order valence-corrected chi connectivity index (χ1v) is 9.31. The average molecular weight is 421 g/mol. The lowest BCUT2D eigenvalue weighted by molar-refractivity contribution is -0.145. The zero-order chi connectivity index (χ0) is 20.6. The van der Waals surface area contributed by atoms with Crippen LogP contribution in [0.1, 0.15) is 22.8 Å². The second-order valence-corrected chi connectivity index (χ2v) is 7.26. The molecule has 3 heterocycles. The number of fused-ring (bicyclic) bond motifs is 1. The normalized spacial score (nSPS) is 14.6. The van der Waals surface area contributed by atoms with Gasteiger partial charge in [-0.3, -0.25) is 14.7 Å². The van der Waals surface area contributed by atoms with E-state index in [2.05, 4.69) is 9.97 Å². The maximum absolute atomic E-state index is 12.8. The molecule has 0 atom stereocenters. The summed E-state index contributed by atoms with van der Waals surface area (Å²) in [5.41, 5.74) is 2.27. The summed E-state index contributed by atoms with van der Waals surface area (Å²) < 4.78 is 38.5. The van der Waals surface area contributed by atoms with Gasteiger partial charge in [-0.15, -0.1) is 0 Å². The summed E-state index contributed by atoms with van der Waals surface area (Å²) in [6.45, 7) is 1.19. The summed E-state index contributed by atoms with van der Waals surface area (Å²) in [4.78, 5) is 24.2. The van der Waals surface area contributed by atoms with Gasteiger partial charge in [-0.2, -0.15) is 13.2 Å². The molecule has 4 rings (SSSR count). The van der Waals surface area contributed by atoms with E-state index in [-0.39, 0.29) is 24.2 Å². The lowest BCUT2D eigenvalue weighted by Gasteiger charge is -2.27. The Labute approximate surface area is 169 Å². The van der Waals surface area contributed by atoms with Gasteiger partial charge in [-0.1, -0.05) is 29.8 Å². The standard InChI is InChI=1S/C20H16ClF3N4O/c21-13-6-4-12(5-7-13)16-3-1-2-14(25-16)10-28-9-8-17-15(11-28)18(29)27-19(26-17)20(22,23)24/h1-7H,8-11H2,(H,26,27,29). The van der Waals surface area contributed by atoms with Crippen LogP contribution in [-0.2, 0) is 25.7 Å². The van der Waals surface area contributed by atoms with E-state index >= 15 is 0 Å². The van der Waals surface area contributed by atoms with Crippen LogP contribution < -0.4 is 5.56 Å². The zero-order valence-electron chi connectivity index (χ0n) is 15.1. The molecule has 3 aromatic rings. The monoisotopic (exact) mass is 420 g/mol. The number of nitrogens with zero attached hydrogens (tertiary/aromatic N) is 3. The van der Waals surface area contributed by atoms with Crippen molar-refractivity contribution in [2.24, 2.45) is 0 Å². The first-order chi connectivity index (χ1) is 13.8. The number of benzene rings is 1. The first kappa shape index (κ1) is 19.6. The van der Waals surface area contributed by atoms with E-state index in [0.717, 1.165) is 17.0 Å². The summed E-state index contributed by atoms with van der Waals surface area (Å²) in [5.74, 6) is -1.24. The molecule has 0 aliphatic carbocycles. The molecule has 1 N–H and O–H groups in total. The van der Waals surface area contributed by atoms with Gasteiger partial charge in [-0.05, 0) is 24.3 Å². The molecular weight excluding hydrogens is 405 g/mol. The lowest BCUT2D eigenvalue weighted by Crippen LogP contribution is -2.36. The Morgan fingerprint density at radius 2 is 1.86 bits per heavy atom. The SMILES string of the molecule is O=c1[nH]c(C(F)(F)F)nc2c1CN(Cc1cccc(-c3ccc(Cl)cc3)n1)CC2. The molecule has 0 saturated carbocycles. The highest BCUT2D eigenvalue weighted by molar-refractivity contribution is 6.30. The second kappa shape index (κ2) is 7.61. The molecule has 0 unspecified atom stereocenters. The Hall–Kier alpha value is -2.71. The molecule has 1 aliphatic heterocycles. The van der Waals surface area contributed by atoms with Gasteiger partial charge in [0.05, 0.1) is 22.6 Å². The predicted molar refractivity (Wildman–Crippen MR) is 102 cm³/mol. The summed E-state index contributed by atoms with van der Waals surface area (Å²) in [5, 5.41) is 0.643. The van der Waals surface area contributed by atoms with Gasteiger partial charge < -0.3 is 4.98 Å². The highest BCUT2D eigenvalue weighted by Gasteiger charge is 2.35. The molecule has 150 valence electrons. The van der Waals surface area contributed by atoms with Crippen LogP contribution in [0.3, 0.4) is 0 Å². The van der Waals surface area contributed by atoms with Gasteiger partial charge >= 0.3 is 6.18 Å². The van der Waals surface area contributed by atoms with E-state index < -0.39 is 17.6 Å². The average Bonchev–Trinajstić information content (AvgIpc) is 2.68. The molecule has 29 heavy (non-hydrogen) atoms. The minimum absolute atomic E-state index is 0.209. The van der Waals surface area contributed by atoms with Crippen molar-refractivity contribution in [1.29, 1.82) is 0 Å². The summed E-state index contributed by atoms with van der Waals surface area (Å²) in [6, 6.07) is 13.0. The predicted octanol–water partition coefficient (Wildman–Crippen LogP) is 4.06. The van der Waals surface area contributed by atoms with Crippen molar-refractivity contribution in [1.82, 2.24) is 19.9 Å². The van der Waals surface area contributed by atoms with Gasteiger partial charge in [-0.25, -0.2) is 4.98 Å². The van der Waals surface area contributed by atoms with Crippen molar-refractivity contribution in [3.63, 3.8) is 0 Å². The largest absolute Gasteiger partial charge is 0.449 e. The Morgan fingerprint density at radius 3 is 2.59 bits per heavy atom. The molecule has 0 saturated heterocycles. The van der Waals surface area contributed by atoms with Crippen LogP contribution in [0.5, 0.6) is 0 Å². The Balaban J connectivity index is 1.53. The van der Waals surface area contributed by atoms with E-state index in [0.29, 0.717) is 18.1 Å². The number of hydrogen-bond acceptors (Lipinski definition) is 4. The van der Waals surface area contributed by atoms with Crippen molar-refractivity contribution < 1.29 is 13.2 Å². The summed E-state index contributed by atoms with van der Waals surface area (Å²) >= 11 is 5.93. The fourth-order valence-electron chi connectivity index (χ4n) is 3.33. The third kappa shape index (κ3) is 4.33. The van der Waals surface area contributed by atoms with Crippen molar-refractivity contribution in [3.8, 4) is 11.3 Å². The number of H-pyrrole nitrogens is 1. The molecule has 5 nitrogen and oxygen atoms in total. The minimum Gasteiger partial charge on any atom is -0.303 e. The molecule has 0 radical (unpaired) electrons. The number of alkyl halides is 3. The van der Waals surface area contributed by atoms with Crippen molar-refractivity contribution in [3.05, 3.63) is 80.6 Å². The number of halogens is 4. The fourth-order valence-corrected chi connectivity index (χ4v) is 3.45. The Bertz CT molecular complexity index is 1100. The zero-order valence-corrected chi connectivity index (χ0v) is 15.9. The molecule has 0 bridgehead atoms. The van der Waals surface area contributed by atoms with E-state index in [1.54, 1.807) is 12.1 Å². The number of aromatic nitrogens is 3. The van der Waals surface area contributed by atoms with Gasteiger partial charge in [0.2, 0.25) is 5.82 Å². The van der Waals surface area contributed by atoms with E-state index in [4.69, 9.17) is 11.6 Å². The molecule has 0 amide bonds. The second-order valence-electron chi connectivity index (χ2n) is 6.82. The topological polar surface area (TPSA) is 61.9 Å². The maximum atomic E-state index is 12.8. The number of pyridine rings is 1. The fraction of sp³-hybridized carbons (Fsp3) is 0.250. The van der Waals surface area contributed by atoms with Crippen LogP contribution in [0.15, 0.2) is 47.3 Å². The molecule has 1 aliphatic rings. The van der Waals surface area contributed by atoms with Crippen LogP contribution in [0.2, 0.25) is 5.02 Å². The summed E-state index contributed by atoms with van der Waals surface area (Å²) in [6.07, 6.45) is -4.39. The number of nitrogens with one attached hydrogen (secondary N) is 1. The third-order valence-corrected chi connectivity index (χ3v) is 5.00. The van der Waals surface area contributed by atoms with Crippen LogP contribution >= 0.6 is 11.6 Å². The van der Waals surface area contributed by atoms with E-state index in [1.807, 2.05) is 40.2 Å². The van der Waals surface area contributed by atoms with Crippen LogP contribution in [0.25, 0.3) is 11.3 Å². The van der Waals surface area contributed by atoms with Gasteiger partial charge in [0.15, 0.2) is 0 Å². The van der Waals surface area contributed by atoms with Gasteiger partial charge in [0, 0.05) is 36.6 Å². The molecule has 1 aromatic carbocycles. The van der Waals surface area contributed by atoms with E-state index in [1.165, 1.54) is 0 Å². The minimum atomic E-state index is -4.67. The third-order valence-electron chi connectivity index (χ3n) is 4.75. The number of rotatable bonds is 3. The highest BCUT2D eigenvalue weighted by Crippen LogP contribution is 2.27. The molecule has 0 spiro atoms. The molecule has 9 heteroatoms. The quantitative estimate of drug-likeness (QED) is 0.694. The van der Waals surface area contributed by atoms with Gasteiger partial charge in [0.25, 0.3) is 5.56 Å². The lowest BCUT2D eigenvalue weighted by atomic mass is 10.1. The number of hydrogen-bond donors (Lipinski definition) is 1. The van der Waals surface area contributed by atoms with Crippen LogP contribution in [0, 0.1) is 0 Å². The first-order valence-electron chi connectivity index (χ1n) is 8.93. The van der Waals surface area contributed by atoms with Crippen LogP contribution in [-0.4, -0.2) is 26.4 Å². The highest BCUT2D eigenvalue weighted by atomic mass is 35.5.